The van der Waals surface area contributed by atoms with E-state index in [-0.39, 0.29) is 0 Å². The van der Waals surface area contributed by atoms with Gasteiger partial charge in [0.1, 0.15) is 0 Å². The van der Waals surface area contributed by atoms with Crippen molar-refractivity contribution in [2.45, 2.75) is 46.1 Å². The first kappa shape index (κ1) is 14.2. The molecule has 2 atom stereocenters. The molecule has 1 fully saturated rings. The Morgan fingerprint density at radius 1 is 1.17 bits per heavy atom. The Bertz CT molecular complexity index is 423. The third-order valence-corrected chi connectivity index (χ3v) is 4.85. The predicted molar refractivity (Wildman–Crippen MR) is 83.5 cm³/mol. The lowest BCUT2D eigenvalue weighted by Crippen LogP contribution is -2.30. The average Bonchev–Trinajstić information content (AvgIpc) is 2.24. The molecule has 0 amide bonds. The Labute approximate surface area is 123 Å². The van der Waals surface area contributed by atoms with Crippen LogP contribution in [0.25, 0.3) is 0 Å². The summed E-state index contributed by atoms with van der Waals surface area (Å²) in [5.74, 6) is 1.62. The summed E-state index contributed by atoms with van der Waals surface area (Å²) in [6, 6.07) is 4.68. The fourth-order valence-corrected chi connectivity index (χ4v) is 3.78. The lowest BCUT2D eigenvalue weighted by atomic mass is 9.80. The minimum Gasteiger partial charge on any atom is -0.381 e. The molecule has 18 heavy (non-hydrogen) atoms. The van der Waals surface area contributed by atoms with E-state index in [2.05, 4.69) is 41.2 Å². The Kier molecular flexibility index (Phi) is 4.60. The fourth-order valence-electron chi connectivity index (χ4n) is 3.04. The van der Waals surface area contributed by atoms with Crippen LogP contribution < -0.4 is 5.32 Å². The quantitative estimate of drug-likeness (QED) is 0.739. The van der Waals surface area contributed by atoms with Gasteiger partial charge in [0.2, 0.25) is 0 Å². The maximum absolute atomic E-state index is 6.20. The van der Waals surface area contributed by atoms with E-state index in [0.29, 0.717) is 6.04 Å². The first-order valence-electron chi connectivity index (χ1n) is 6.68. The third-order valence-electron chi connectivity index (χ3n) is 3.79. The number of hydrogen-bond donors (Lipinski definition) is 1. The second-order valence-electron chi connectivity index (χ2n) is 5.84. The number of aryl methyl sites for hydroxylation is 1. The molecule has 0 aromatic heterocycles. The maximum atomic E-state index is 6.20. The van der Waals surface area contributed by atoms with Crippen LogP contribution in [0.1, 0.15) is 38.7 Å². The minimum absolute atomic E-state index is 0.568. The topological polar surface area (TPSA) is 12.0 Å². The van der Waals surface area contributed by atoms with E-state index in [1.165, 1.54) is 19.3 Å². The van der Waals surface area contributed by atoms with Gasteiger partial charge in [0.05, 0.1) is 5.69 Å². The highest BCUT2D eigenvalue weighted by atomic mass is 79.9. The van der Waals surface area contributed by atoms with Crippen molar-refractivity contribution >= 4 is 33.2 Å². The highest BCUT2D eigenvalue weighted by Crippen LogP contribution is 2.34. The molecule has 1 aliphatic rings. The molecular formula is C15H21BrClN. The molecule has 0 spiro atoms. The Morgan fingerprint density at radius 3 is 2.39 bits per heavy atom. The molecule has 1 nitrogen and oxygen atoms in total. The van der Waals surface area contributed by atoms with Crippen LogP contribution in [-0.4, -0.2) is 6.04 Å². The predicted octanol–water partition coefficient (Wildman–Crippen LogP) is 5.65. The lowest BCUT2D eigenvalue weighted by molar-refractivity contribution is 0.281. The number of rotatable bonds is 2. The molecule has 2 unspecified atom stereocenters. The first-order valence-corrected chi connectivity index (χ1v) is 7.85. The van der Waals surface area contributed by atoms with Gasteiger partial charge in [-0.2, -0.15) is 0 Å². The summed E-state index contributed by atoms with van der Waals surface area (Å²) in [7, 11) is 0. The zero-order chi connectivity index (χ0) is 13.3. The highest BCUT2D eigenvalue weighted by Gasteiger charge is 2.24. The van der Waals surface area contributed by atoms with Crippen LogP contribution in [0.15, 0.2) is 16.6 Å². The number of benzene rings is 1. The van der Waals surface area contributed by atoms with Gasteiger partial charge in [0, 0.05) is 15.5 Å². The van der Waals surface area contributed by atoms with Gasteiger partial charge in [-0.3, -0.25) is 0 Å². The molecule has 100 valence electrons. The third kappa shape index (κ3) is 3.42. The molecule has 3 heteroatoms. The van der Waals surface area contributed by atoms with E-state index < -0.39 is 0 Å². The van der Waals surface area contributed by atoms with Crippen molar-refractivity contribution in [1.29, 1.82) is 0 Å². The van der Waals surface area contributed by atoms with Crippen molar-refractivity contribution in [2.75, 3.05) is 5.32 Å². The van der Waals surface area contributed by atoms with E-state index in [9.17, 15) is 0 Å². The summed E-state index contributed by atoms with van der Waals surface area (Å²) in [6.45, 7) is 6.73. The van der Waals surface area contributed by atoms with Gasteiger partial charge in [-0.1, -0.05) is 25.4 Å². The van der Waals surface area contributed by atoms with Gasteiger partial charge >= 0.3 is 0 Å². The Morgan fingerprint density at radius 2 is 1.78 bits per heavy atom. The van der Waals surface area contributed by atoms with Crippen LogP contribution in [-0.2, 0) is 0 Å². The van der Waals surface area contributed by atoms with E-state index >= 15 is 0 Å². The standard InChI is InChI=1S/C15H21BrClN/c1-9-4-10(2)6-12(5-9)18-15-8-14(17)11(3)7-13(15)16/h7-10,12,18H,4-6H2,1-3H3. The van der Waals surface area contributed by atoms with Gasteiger partial charge in [-0.25, -0.2) is 0 Å². The summed E-state index contributed by atoms with van der Waals surface area (Å²) >= 11 is 9.82. The van der Waals surface area contributed by atoms with Crippen LogP contribution in [0, 0.1) is 18.8 Å². The van der Waals surface area contributed by atoms with Crippen molar-refractivity contribution in [3.05, 3.63) is 27.2 Å². The van der Waals surface area contributed by atoms with Crippen molar-refractivity contribution < 1.29 is 0 Å². The number of anilines is 1. The summed E-state index contributed by atoms with van der Waals surface area (Å²) in [5.41, 5.74) is 2.23. The molecular weight excluding hydrogens is 310 g/mol. The molecule has 0 aliphatic heterocycles. The number of nitrogens with one attached hydrogen (secondary N) is 1. The van der Waals surface area contributed by atoms with E-state index in [1.54, 1.807) is 0 Å². The Hall–Kier alpha value is -0.210. The van der Waals surface area contributed by atoms with Crippen LogP contribution in [0.3, 0.4) is 0 Å². The average molecular weight is 331 g/mol. The maximum Gasteiger partial charge on any atom is 0.0501 e. The van der Waals surface area contributed by atoms with Crippen LogP contribution >= 0.6 is 27.5 Å². The smallest absolute Gasteiger partial charge is 0.0501 e. The zero-order valence-electron chi connectivity index (χ0n) is 11.3. The summed E-state index contributed by atoms with van der Waals surface area (Å²) < 4.78 is 1.11. The van der Waals surface area contributed by atoms with Crippen molar-refractivity contribution in [3.8, 4) is 0 Å². The second-order valence-corrected chi connectivity index (χ2v) is 7.10. The van der Waals surface area contributed by atoms with E-state index in [1.807, 2.05) is 13.0 Å². The molecule has 0 radical (unpaired) electrons. The fraction of sp³-hybridized carbons (Fsp3) is 0.600. The Balaban J connectivity index is 2.11. The van der Waals surface area contributed by atoms with E-state index in [0.717, 1.165) is 32.6 Å². The van der Waals surface area contributed by atoms with Gasteiger partial charge in [0.25, 0.3) is 0 Å². The van der Waals surface area contributed by atoms with Crippen molar-refractivity contribution in [3.63, 3.8) is 0 Å². The molecule has 1 saturated carbocycles. The largest absolute Gasteiger partial charge is 0.381 e. The summed E-state index contributed by atoms with van der Waals surface area (Å²) in [5, 5.41) is 4.48. The van der Waals surface area contributed by atoms with Crippen LogP contribution in [0.5, 0.6) is 0 Å². The zero-order valence-corrected chi connectivity index (χ0v) is 13.6. The monoisotopic (exact) mass is 329 g/mol. The molecule has 1 aliphatic carbocycles. The van der Waals surface area contributed by atoms with Crippen LogP contribution in [0.2, 0.25) is 5.02 Å². The first-order chi connectivity index (χ1) is 8.45. The molecule has 0 bridgehead atoms. The molecule has 1 aromatic rings. The van der Waals surface area contributed by atoms with Gasteiger partial charge in [-0.15, -0.1) is 0 Å². The SMILES string of the molecule is Cc1cc(Br)c(NC2CC(C)CC(C)C2)cc1Cl. The number of halogens is 2. The highest BCUT2D eigenvalue weighted by molar-refractivity contribution is 9.10. The molecule has 1 aromatic carbocycles. The van der Waals surface area contributed by atoms with E-state index in [4.69, 9.17) is 11.6 Å². The summed E-state index contributed by atoms with van der Waals surface area (Å²) in [4.78, 5) is 0. The van der Waals surface area contributed by atoms with Gasteiger partial charge in [0.15, 0.2) is 0 Å². The molecule has 0 saturated heterocycles. The van der Waals surface area contributed by atoms with Crippen LogP contribution in [0.4, 0.5) is 5.69 Å². The van der Waals surface area contributed by atoms with Gasteiger partial charge < -0.3 is 5.32 Å². The number of hydrogen-bond acceptors (Lipinski definition) is 1. The van der Waals surface area contributed by atoms with Gasteiger partial charge in [-0.05, 0) is 71.6 Å². The van der Waals surface area contributed by atoms with Crippen molar-refractivity contribution in [1.82, 2.24) is 0 Å². The minimum atomic E-state index is 0.568. The second kappa shape index (κ2) is 5.83. The molecule has 0 heterocycles. The lowest BCUT2D eigenvalue weighted by Gasteiger charge is -2.33. The normalized spacial score (nSPS) is 28.2. The summed E-state index contributed by atoms with van der Waals surface area (Å²) in [6.07, 6.45) is 3.86. The van der Waals surface area contributed by atoms with Crippen molar-refractivity contribution in [2.24, 2.45) is 11.8 Å². The molecule has 2 rings (SSSR count). The molecule has 1 N–H and O–H groups in total.